The van der Waals surface area contributed by atoms with Crippen LogP contribution in [0.4, 0.5) is 5.69 Å². The second-order valence-electron chi connectivity index (χ2n) is 4.29. The summed E-state index contributed by atoms with van der Waals surface area (Å²) in [7, 11) is 0. The summed E-state index contributed by atoms with van der Waals surface area (Å²) in [5.41, 5.74) is 1.98. The minimum Gasteiger partial charge on any atom is -0.392 e. The molecular weight excluding hydrogens is 222 g/mol. The van der Waals surface area contributed by atoms with Gasteiger partial charge >= 0.3 is 0 Å². The zero-order chi connectivity index (χ0) is 11.5. The normalized spacial score (nSPS) is 20.4. The van der Waals surface area contributed by atoms with Crippen molar-refractivity contribution in [3.05, 3.63) is 28.8 Å². The molecule has 0 aliphatic carbocycles. The maximum atomic E-state index is 9.41. The first-order valence-electron chi connectivity index (χ1n) is 5.92. The van der Waals surface area contributed by atoms with Crippen LogP contribution in [0.2, 0.25) is 5.02 Å². The molecule has 1 atom stereocenters. The van der Waals surface area contributed by atoms with Crippen LogP contribution in [0.1, 0.15) is 31.7 Å². The highest BCUT2D eigenvalue weighted by molar-refractivity contribution is 6.31. The van der Waals surface area contributed by atoms with Gasteiger partial charge in [0.15, 0.2) is 0 Å². The Morgan fingerprint density at radius 3 is 3.00 bits per heavy atom. The summed E-state index contributed by atoms with van der Waals surface area (Å²) in [4.78, 5) is 2.39. The molecule has 1 fully saturated rings. The van der Waals surface area contributed by atoms with Crippen molar-refractivity contribution >= 4 is 17.3 Å². The monoisotopic (exact) mass is 239 g/mol. The van der Waals surface area contributed by atoms with Crippen molar-refractivity contribution in [3.63, 3.8) is 0 Å². The number of hydrogen-bond donors (Lipinski definition) is 1. The maximum absolute atomic E-state index is 9.41. The average molecular weight is 240 g/mol. The lowest BCUT2D eigenvalue weighted by Gasteiger charge is -2.28. The summed E-state index contributed by atoms with van der Waals surface area (Å²) < 4.78 is 0. The van der Waals surface area contributed by atoms with Crippen LogP contribution < -0.4 is 4.90 Å². The summed E-state index contributed by atoms with van der Waals surface area (Å²) in [5.74, 6) is 0. The summed E-state index contributed by atoms with van der Waals surface area (Å²) >= 11 is 6.11. The molecule has 1 saturated heterocycles. The quantitative estimate of drug-likeness (QED) is 0.876. The number of benzene rings is 1. The first kappa shape index (κ1) is 11.7. The number of hydrogen-bond acceptors (Lipinski definition) is 2. The van der Waals surface area contributed by atoms with E-state index < -0.39 is 0 Å². The lowest BCUT2D eigenvalue weighted by atomic mass is 10.1. The van der Waals surface area contributed by atoms with Crippen LogP contribution in [0.25, 0.3) is 0 Å². The van der Waals surface area contributed by atoms with Crippen molar-refractivity contribution in [2.75, 3.05) is 11.4 Å². The van der Waals surface area contributed by atoms with Gasteiger partial charge in [-0.15, -0.1) is 0 Å². The van der Waals surface area contributed by atoms with Gasteiger partial charge in [0.2, 0.25) is 0 Å². The molecule has 0 amide bonds. The molecule has 2 nitrogen and oxygen atoms in total. The first-order chi connectivity index (χ1) is 7.77. The van der Waals surface area contributed by atoms with Crippen molar-refractivity contribution < 1.29 is 5.11 Å². The fourth-order valence-electron chi connectivity index (χ4n) is 2.55. The Balaban J connectivity index is 2.35. The molecule has 1 heterocycles. The van der Waals surface area contributed by atoms with E-state index in [9.17, 15) is 5.11 Å². The van der Waals surface area contributed by atoms with Gasteiger partial charge in [-0.1, -0.05) is 24.6 Å². The van der Waals surface area contributed by atoms with Crippen LogP contribution in [-0.2, 0) is 6.61 Å². The van der Waals surface area contributed by atoms with E-state index in [2.05, 4.69) is 17.9 Å². The van der Waals surface area contributed by atoms with Gasteiger partial charge in [0.05, 0.1) is 6.61 Å². The van der Waals surface area contributed by atoms with Gasteiger partial charge in [0.1, 0.15) is 0 Å². The molecule has 0 radical (unpaired) electrons. The molecule has 1 aliphatic heterocycles. The van der Waals surface area contributed by atoms with Crippen LogP contribution in [0.15, 0.2) is 18.2 Å². The molecular formula is C13H18ClNO. The third kappa shape index (κ3) is 2.04. The number of halogens is 1. The van der Waals surface area contributed by atoms with E-state index in [1.165, 1.54) is 12.8 Å². The third-order valence-corrected chi connectivity index (χ3v) is 3.76. The molecule has 16 heavy (non-hydrogen) atoms. The SMILES string of the molecule is CCC1CCCN1c1cccc(Cl)c1CO. The Morgan fingerprint density at radius 1 is 1.50 bits per heavy atom. The molecule has 1 N–H and O–H groups in total. The summed E-state index contributed by atoms with van der Waals surface area (Å²) in [6, 6.07) is 6.46. The largest absolute Gasteiger partial charge is 0.392 e. The minimum atomic E-state index is 0.0158. The van der Waals surface area contributed by atoms with E-state index in [0.717, 1.165) is 24.2 Å². The minimum absolute atomic E-state index is 0.0158. The van der Waals surface area contributed by atoms with E-state index in [-0.39, 0.29) is 6.61 Å². The molecule has 0 saturated carbocycles. The van der Waals surface area contributed by atoms with Crippen LogP contribution in [0.5, 0.6) is 0 Å². The Kier molecular flexibility index (Phi) is 3.72. The van der Waals surface area contributed by atoms with E-state index in [4.69, 9.17) is 11.6 Å². The molecule has 1 aromatic rings. The number of rotatable bonds is 3. The molecule has 0 spiro atoms. The van der Waals surface area contributed by atoms with Gasteiger partial charge in [-0.25, -0.2) is 0 Å². The highest BCUT2D eigenvalue weighted by Crippen LogP contribution is 2.33. The van der Waals surface area contributed by atoms with E-state index in [0.29, 0.717) is 11.1 Å². The standard InChI is InChI=1S/C13H18ClNO/c1-2-10-5-4-8-15(10)13-7-3-6-12(14)11(13)9-16/h3,6-7,10,16H,2,4-5,8-9H2,1H3. The van der Waals surface area contributed by atoms with Gasteiger partial charge in [0, 0.05) is 28.9 Å². The van der Waals surface area contributed by atoms with Crippen LogP contribution in [-0.4, -0.2) is 17.7 Å². The van der Waals surface area contributed by atoms with Crippen molar-refractivity contribution in [2.24, 2.45) is 0 Å². The average Bonchev–Trinajstić information content (AvgIpc) is 2.76. The van der Waals surface area contributed by atoms with Gasteiger partial charge in [-0.3, -0.25) is 0 Å². The zero-order valence-corrected chi connectivity index (χ0v) is 10.4. The highest BCUT2D eigenvalue weighted by atomic mass is 35.5. The second-order valence-corrected chi connectivity index (χ2v) is 4.70. The molecule has 1 unspecified atom stereocenters. The van der Waals surface area contributed by atoms with Crippen LogP contribution in [0, 0.1) is 0 Å². The van der Waals surface area contributed by atoms with Crippen LogP contribution in [0.3, 0.4) is 0 Å². The molecule has 1 aliphatic rings. The predicted molar refractivity (Wildman–Crippen MR) is 68.0 cm³/mol. The third-order valence-electron chi connectivity index (χ3n) is 3.41. The first-order valence-corrected chi connectivity index (χ1v) is 6.30. The Hall–Kier alpha value is -0.730. The molecule has 1 aromatic carbocycles. The summed E-state index contributed by atoms with van der Waals surface area (Å²) in [5, 5.41) is 10.1. The van der Waals surface area contributed by atoms with E-state index in [1.54, 1.807) is 0 Å². The Bertz CT molecular complexity index is 367. The predicted octanol–water partition coefficient (Wildman–Crippen LogP) is 3.21. The molecule has 2 rings (SSSR count). The molecule has 3 heteroatoms. The highest BCUT2D eigenvalue weighted by Gasteiger charge is 2.25. The molecule has 0 bridgehead atoms. The van der Waals surface area contributed by atoms with Gasteiger partial charge in [0.25, 0.3) is 0 Å². The zero-order valence-electron chi connectivity index (χ0n) is 9.62. The number of nitrogens with zero attached hydrogens (tertiary/aromatic N) is 1. The number of aliphatic hydroxyl groups excluding tert-OH is 1. The van der Waals surface area contributed by atoms with Gasteiger partial charge < -0.3 is 10.0 Å². The Labute approximate surface area is 102 Å². The summed E-state index contributed by atoms with van der Waals surface area (Å²) in [6.07, 6.45) is 3.63. The Morgan fingerprint density at radius 2 is 2.31 bits per heavy atom. The van der Waals surface area contributed by atoms with Gasteiger partial charge in [-0.2, -0.15) is 0 Å². The van der Waals surface area contributed by atoms with Gasteiger partial charge in [-0.05, 0) is 31.4 Å². The lowest BCUT2D eigenvalue weighted by Crippen LogP contribution is -2.29. The molecule has 88 valence electrons. The topological polar surface area (TPSA) is 23.5 Å². The number of anilines is 1. The fourth-order valence-corrected chi connectivity index (χ4v) is 2.78. The van der Waals surface area contributed by atoms with E-state index in [1.807, 2.05) is 12.1 Å². The number of aliphatic hydroxyl groups is 1. The van der Waals surface area contributed by atoms with Crippen molar-refractivity contribution in [2.45, 2.75) is 38.8 Å². The fraction of sp³-hybridized carbons (Fsp3) is 0.538. The maximum Gasteiger partial charge on any atom is 0.0716 e. The van der Waals surface area contributed by atoms with Crippen LogP contribution >= 0.6 is 11.6 Å². The van der Waals surface area contributed by atoms with Crippen molar-refractivity contribution in [1.82, 2.24) is 0 Å². The van der Waals surface area contributed by atoms with Crippen molar-refractivity contribution in [1.29, 1.82) is 0 Å². The molecule has 0 aromatic heterocycles. The lowest BCUT2D eigenvalue weighted by molar-refractivity contribution is 0.282. The van der Waals surface area contributed by atoms with E-state index >= 15 is 0 Å². The second kappa shape index (κ2) is 5.07. The smallest absolute Gasteiger partial charge is 0.0716 e. The van der Waals surface area contributed by atoms with Crippen molar-refractivity contribution in [3.8, 4) is 0 Å². The summed E-state index contributed by atoms with van der Waals surface area (Å²) in [6.45, 7) is 3.31.